The second-order valence-corrected chi connectivity index (χ2v) is 2.82. The molecule has 2 aromatic heterocycles. The van der Waals surface area contributed by atoms with Gasteiger partial charge in [0.15, 0.2) is 0 Å². The molecule has 0 fully saturated rings. The van der Waals surface area contributed by atoms with Crippen LogP contribution in [0.4, 0.5) is 17.6 Å². The van der Waals surface area contributed by atoms with E-state index < -0.39 is 0 Å². The smallest absolute Gasteiger partial charge is 0.223 e. The van der Waals surface area contributed by atoms with Gasteiger partial charge in [0.25, 0.3) is 0 Å². The van der Waals surface area contributed by atoms with Gasteiger partial charge in [0, 0.05) is 12.4 Å². The van der Waals surface area contributed by atoms with Gasteiger partial charge in [0.2, 0.25) is 5.95 Å². The van der Waals surface area contributed by atoms with Crippen molar-refractivity contribution in [3.8, 4) is 11.3 Å². The molecule has 0 bridgehead atoms. The van der Waals surface area contributed by atoms with Crippen LogP contribution in [-0.4, -0.2) is 19.9 Å². The highest BCUT2D eigenvalue weighted by atomic mass is 35.5. The van der Waals surface area contributed by atoms with E-state index in [9.17, 15) is 0 Å². The molecule has 0 aliphatic rings. The Bertz CT molecular complexity index is 464. The summed E-state index contributed by atoms with van der Waals surface area (Å²) in [6, 6.07) is 0. The molecule has 0 aliphatic carbocycles. The quantitative estimate of drug-likeness (QED) is 0.643. The van der Waals surface area contributed by atoms with Gasteiger partial charge in [0.1, 0.15) is 11.6 Å². The fourth-order valence-electron chi connectivity index (χ4n) is 1.21. The first-order valence-corrected chi connectivity index (χ1v) is 4.13. The summed E-state index contributed by atoms with van der Waals surface area (Å²) in [5.74, 6) is 0.429. The third-order valence-electron chi connectivity index (χ3n) is 1.80. The zero-order chi connectivity index (χ0) is 10.8. The highest BCUT2D eigenvalue weighted by Gasteiger charge is 2.11. The van der Waals surface area contributed by atoms with Crippen LogP contribution < -0.4 is 17.2 Å². The Balaban J connectivity index is 0.00000128. The molecular formula is C8H10ClN7. The van der Waals surface area contributed by atoms with Crippen LogP contribution >= 0.6 is 12.4 Å². The highest BCUT2D eigenvalue weighted by molar-refractivity contribution is 5.85. The Kier molecular flexibility index (Phi) is 3.41. The SMILES string of the molecule is Cl.Nc1nc(N)c(-c2cnccn2)c(N)n1. The lowest BCUT2D eigenvalue weighted by Gasteiger charge is -2.06. The van der Waals surface area contributed by atoms with E-state index in [4.69, 9.17) is 17.2 Å². The molecule has 0 aromatic carbocycles. The standard InChI is InChI=1S/C8H9N7.ClH/c9-6-5(4-3-12-1-2-13-4)7(10)15-8(11)14-6;/h1-3H,(H6,9,10,11,14,15);1H. The predicted molar refractivity (Wildman–Crippen MR) is 63.5 cm³/mol. The van der Waals surface area contributed by atoms with Crippen LogP contribution in [0.3, 0.4) is 0 Å². The Labute approximate surface area is 97.5 Å². The normalized spacial score (nSPS) is 9.50. The maximum Gasteiger partial charge on any atom is 0.223 e. The largest absolute Gasteiger partial charge is 0.383 e. The van der Waals surface area contributed by atoms with Crippen molar-refractivity contribution in [3.63, 3.8) is 0 Å². The minimum atomic E-state index is 0. The predicted octanol–water partition coefficient (Wildman–Crippen LogP) is 0.102. The second kappa shape index (κ2) is 4.58. The van der Waals surface area contributed by atoms with E-state index in [0.29, 0.717) is 11.3 Å². The summed E-state index contributed by atoms with van der Waals surface area (Å²) < 4.78 is 0. The maximum atomic E-state index is 5.68. The van der Waals surface area contributed by atoms with Crippen LogP contribution in [0.25, 0.3) is 11.3 Å². The van der Waals surface area contributed by atoms with E-state index in [1.54, 1.807) is 6.20 Å². The molecule has 0 spiro atoms. The van der Waals surface area contributed by atoms with E-state index in [2.05, 4.69) is 19.9 Å². The van der Waals surface area contributed by atoms with Gasteiger partial charge in [-0.3, -0.25) is 9.97 Å². The molecule has 2 heterocycles. The first-order valence-electron chi connectivity index (χ1n) is 4.13. The molecule has 6 N–H and O–H groups in total. The van der Waals surface area contributed by atoms with Crippen molar-refractivity contribution in [2.75, 3.05) is 17.2 Å². The zero-order valence-electron chi connectivity index (χ0n) is 8.16. The first kappa shape index (κ1) is 11.9. The van der Waals surface area contributed by atoms with Gasteiger partial charge in [-0.2, -0.15) is 9.97 Å². The number of anilines is 3. The molecular weight excluding hydrogens is 230 g/mol. The Morgan fingerprint density at radius 3 is 2.06 bits per heavy atom. The topological polar surface area (TPSA) is 130 Å². The number of rotatable bonds is 1. The number of aromatic nitrogens is 4. The van der Waals surface area contributed by atoms with E-state index in [0.717, 1.165) is 0 Å². The fourth-order valence-corrected chi connectivity index (χ4v) is 1.21. The Morgan fingerprint density at radius 2 is 1.56 bits per heavy atom. The minimum Gasteiger partial charge on any atom is -0.383 e. The highest BCUT2D eigenvalue weighted by Crippen LogP contribution is 2.27. The third kappa shape index (κ3) is 2.09. The number of halogens is 1. The summed E-state index contributed by atoms with van der Waals surface area (Å²) >= 11 is 0. The van der Waals surface area contributed by atoms with Crippen LogP contribution in [-0.2, 0) is 0 Å². The van der Waals surface area contributed by atoms with Crippen molar-refractivity contribution < 1.29 is 0 Å². The van der Waals surface area contributed by atoms with E-state index in [1.165, 1.54) is 12.4 Å². The summed E-state index contributed by atoms with van der Waals surface area (Å²) in [7, 11) is 0. The van der Waals surface area contributed by atoms with Crippen molar-refractivity contribution in [1.29, 1.82) is 0 Å². The van der Waals surface area contributed by atoms with Crippen LogP contribution in [0.15, 0.2) is 18.6 Å². The molecule has 2 rings (SSSR count). The summed E-state index contributed by atoms with van der Waals surface area (Å²) in [6.45, 7) is 0. The lowest BCUT2D eigenvalue weighted by molar-refractivity contribution is 1.17. The molecule has 0 saturated heterocycles. The fraction of sp³-hybridized carbons (Fsp3) is 0. The number of nitrogen functional groups attached to an aromatic ring is 3. The Morgan fingerprint density at radius 1 is 0.938 bits per heavy atom. The van der Waals surface area contributed by atoms with Crippen LogP contribution in [0, 0.1) is 0 Å². The molecule has 0 unspecified atom stereocenters. The van der Waals surface area contributed by atoms with Crippen LogP contribution in [0.2, 0.25) is 0 Å². The van der Waals surface area contributed by atoms with Crippen LogP contribution in [0.1, 0.15) is 0 Å². The van der Waals surface area contributed by atoms with Gasteiger partial charge in [-0.1, -0.05) is 0 Å². The van der Waals surface area contributed by atoms with Gasteiger partial charge in [-0.05, 0) is 0 Å². The average molecular weight is 240 g/mol. The Hall–Kier alpha value is -2.15. The lowest BCUT2D eigenvalue weighted by atomic mass is 10.2. The van der Waals surface area contributed by atoms with Crippen molar-refractivity contribution in [1.82, 2.24) is 19.9 Å². The molecule has 0 radical (unpaired) electrons. The van der Waals surface area contributed by atoms with Crippen molar-refractivity contribution >= 4 is 30.0 Å². The second-order valence-electron chi connectivity index (χ2n) is 2.82. The lowest BCUT2D eigenvalue weighted by Crippen LogP contribution is -2.06. The van der Waals surface area contributed by atoms with Crippen LogP contribution in [0.5, 0.6) is 0 Å². The summed E-state index contributed by atoms with van der Waals surface area (Å²) in [4.78, 5) is 15.6. The number of nitrogens with zero attached hydrogens (tertiary/aromatic N) is 4. The molecule has 0 atom stereocenters. The summed E-state index contributed by atoms with van der Waals surface area (Å²) in [6.07, 6.45) is 4.61. The van der Waals surface area contributed by atoms with Crippen molar-refractivity contribution in [2.24, 2.45) is 0 Å². The average Bonchev–Trinajstić information content (AvgIpc) is 2.17. The first-order chi connectivity index (χ1) is 7.18. The monoisotopic (exact) mass is 239 g/mol. The van der Waals surface area contributed by atoms with Crippen molar-refractivity contribution in [2.45, 2.75) is 0 Å². The van der Waals surface area contributed by atoms with Gasteiger partial charge < -0.3 is 17.2 Å². The molecule has 8 heteroatoms. The number of nitrogens with two attached hydrogens (primary N) is 3. The molecule has 16 heavy (non-hydrogen) atoms. The van der Waals surface area contributed by atoms with Gasteiger partial charge in [0.05, 0.1) is 17.5 Å². The van der Waals surface area contributed by atoms with E-state index >= 15 is 0 Å². The minimum absolute atomic E-state index is 0. The molecule has 0 aliphatic heterocycles. The van der Waals surface area contributed by atoms with Gasteiger partial charge in [-0.15, -0.1) is 12.4 Å². The number of hydrogen-bond acceptors (Lipinski definition) is 7. The van der Waals surface area contributed by atoms with Gasteiger partial charge in [-0.25, -0.2) is 0 Å². The third-order valence-corrected chi connectivity index (χ3v) is 1.80. The zero-order valence-corrected chi connectivity index (χ0v) is 8.98. The summed E-state index contributed by atoms with van der Waals surface area (Å²) in [5, 5.41) is 0. The molecule has 0 saturated carbocycles. The molecule has 7 nitrogen and oxygen atoms in total. The maximum absolute atomic E-state index is 5.68. The van der Waals surface area contributed by atoms with E-state index in [1.807, 2.05) is 0 Å². The number of hydrogen-bond donors (Lipinski definition) is 3. The van der Waals surface area contributed by atoms with Gasteiger partial charge >= 0.3 is 0 Å². The molecule has 2 aromatic rings. The van der Waals surface area contributed by atoms with E-state index in [-0.39, 0.29) is 30.0 Å². The molecule has 0 amide bonds. The molecule has 84 valence electrons. The van der Waals surface area contributed by atoms with Crippen molar-refractivity contribution in [3.05, 3.63) is 18.6 Å². The summed E-state index contributed by atoms with van der Waals surface area (Å²) in [5.41, 5.74) is 17.7.